The van der Waals surface area contributed by atoms with Crippen molar-refractivity contribution in [2.24, 2.45) is 5.92 Å². The van der Waals surface area contributed by atoms with Crippen LogP contribution in [0.4, 0.5) is 10.8 Å². The second-order valence-corrected chi connectivity index (χ2v) is 8.01. The van der Waals surface area contributed by atoms with Crippen LogP contribution in [0.3, 0.4) is 0 Å². The van der Waals surface area contributed by atoms with Gasteiger partial charge in [-0.3, -0.25) is 9.36 Å². The quantitative estimate of drug-likeness (QED) is 0.709. The van der Waals surface area contributed by atoms with E-state index in [1.54, 1.807) is 22.2 Å². The van der Waals surface area contributed by atoms with Gasteiger partial charge in [-0.25, -0.2) is 9.97 Å². The number of thiazole rings is 1. The number of benzene rings is 1. The van der Waals surface area contributed by atoms with Gasteiger partial charge in [-0.1, -0.05) is 0 Å². The highest BCUT2D eigenvalue weighted by molar-refractivity contribution is 7.13. The summed E-state index contributed by atoms with van der Waals surface area (Å²) in [6, 6.07) is 6.06. The number of hydrogen-bond acceptors (Lipinski definition) is 6. The van der Waals surface area contributed by atoms with Crippen molar-refractivity contribution in [1.29, 1.82) is 0 Å². The maximum atomic E-state index is 12.7. The lowest BCUT2D eigenvalue weighted by atomic mass is 10.2. The molecule has 0 N–H and O–H groups in total. The number of nitrogens with zero attached hydrogens (tertiary/aromatic N) is 5. The van der Waals surface area contributed by atoms with Gasteiger partial charge in [-0.05, 0) is 37.0 Å². The molecule has 0 bridgehead atoms. The fourth-order valence-electron chi connectivity index (χ4n) is 3.58. The molecule has 3 heterocycles. The largest absolute Gasteiger partial charge is 0.368 e. The fourth-order valence-corrected chi connectivity index (χ4v) is 4.28. The summed E-state index contributed by atoms with van der Waals surface area (Å²) in [6.07, 6.45) is 6.04. The molecule has 2 fully saturated rings. The summed E-state index contributed by atoms with van der Waals surface area (Å²) in [4.78, 5) is 26.3. The highest BCUT2D eigenvalue weighted by Crippen LogP contribution is 2.30. The van der Waals surface area contributed by atoms with Crippen LogP contribution < -0.4 is 15.4 Å². The second-order valence-electron chi connectivity index (χ2n) is 7.14. The van der Waals surface area contributed by atoms with Gasteiger partial charge in [0.05, 0.1) is 17.2 Å². The molecule has 0 radical (unpaired) electrons. The first-order valence-corrected chi connectivity index (χ1v) is 10.0. The van der Waals surface area contributed by atoms with Crippen LogP contribution in [0.5, 0.6) is 0 Å². The Morgan fingerprint density at radius 2 is 1.88 bits per heavy atom. The van der Waals surface area contributed by atoms with Crippen molar-refractivity contribution in [3.8, 4) is 0 Å². The lowest BCUT2D eigenvalue weighted by Crippen LogP contribution is -2.46. The molecule has 7 heteroatoms. The third kappa shape index (κ3) is 2.96. The number of anilines is 2. The molecule has 6 nitrogen and oxygen atoms in total. The van der Waals surface area contributed by atoms with Crippen molar-refractivity contribution in [3.63, 3.8) is 0 Å². The van der Waals surface area contributed by atoms with Gasteiger partial charge in [0.1, 0.15) is 0 Å². The van der Waals surface area contributed by atoms with Gasteiger partial charge in [0.25, 0.3) is 5.56 Å². The molecule has 1 saturated carbocycles. The molecule has 0 unspecified atom stereocenters. The summed E-state index contributed by atoms with van der Waals surface area (Å²) in [5.74, 6) is 0.667. The first-order chi connectivity index (χ1) is 12.8. The molecule has 0 spiro atoms. The zero-order chi connectivity index (χ0) is 17.5. The molecule has 5 rings (SSSR count). The van der Waals surface area contributed by atoms with E-state index in [1.165, 1.54) is 12.8 Å². The number of piperazine rings is 1. The molecule has 134 valence electrons. The highest BCUT2D eigenvalue weighted by Gasteiger charge is 2.23. The summed E-state index contributed by atoms with van der Waals surface area (Å²) < 4.78 is 1.77. The SMILES string of the molecule is O=c1c2ccc(N3CCN(c4nccs4)CC3)cc2ncn1CC1CC1. The van der Waals surface area contributed by atoms with Gasteiger partial charge in [0, 0.05) is 50.0 Å². The van der Waals surface area contributed by atoms with Gasteiger partial charge in [0.2, 0.25) is 0 Å². The Morgan fingerprint density at radius 3 is 2.62 bits per heavy atom. The van der Waals surface area contributed by atoms with Crippen LogP contribution in [0.15, 0.2) is 40.9 Å². The Balaban J connectivity index is 1.36. The third-order valence-electron chi connectivity index (χ3n) is 5.30. The minimum Gasteiger partial charge on any atom is -0.368 e. The average molecular weight is 367 g/mol. The van der Waals surface area contributed by atoms with E-state index in [4.69, 9.17) is 0 Å². The van der Waals surface area contributed by atoms with Gasteiger partial charge in [-0.15, -0.1) is 11.3 Å². The highest BCUT2D eigenvalue weighted by atomic mass is 32.1. The summed E-state index contributed by atoms with van der Waals surface area (Å²) in [7, 11) is 0. The average Bonchev–Trinajstić information content (AvgIpc) is 3.33. The maximum absolute atomic E-state index is 12.7. The zero-order valence-corrected chi connectivity index (χ0v) is 15.4. The van der Waals surface area contributed by atoms with E-state index in [2.05, 4.69) is 31.9 Å². The summed E-state index contributed by atoms with van der Waals surface area (Å²) in [6.45, 7) is 4.62. The topological polar surface area (TPSA) is 54.3 Å². The van der Waals surface area contributed by atoms with Gasteiger partial charge >= 0.3 is 0 Å². The minimum atomic E-state index is 0.0852. The van der Waals surface area contributed by atoms with E-state index < -0.39 is 0 Å². The van der Waals surface area contributed by atoms with Crippen molar-refractivity contribution in [3.05, 3.63) is 46.5 Å². The van der Waals surface area contributed by atoms with Crippen molar-refractivity contribution in [2.45, 2.75) is 19.4 Å². The Bertz CT molecular complexity index is 971. The third-order valence-corrected chi connectivity index (χ3v) is 6.13. The van der Waals surface area contributed by atoms with Crippen LogP contribution >= 0.6 is 11.3 Å². The molecule has 1 aliphatic carbocycles. The van der Waals surface area contributed by atoms with Crippen molar-refractivity contribution < 1.29 is 0 Å². The van der Waals surface area contributed by atoms with Crippen LogP contribution in [0.1, 0.15) is 12.8 Å². The monoisotopic (exact) mass is 367 g/mol. The molecule has 0 atom stereocenters. The lowest BCUT2D eigenvalue weighted by molar-refractivity contribution is 0.602. The molecule has 0 amide bonds. The number of hydrogen-bond donors (Lipinski definition) is 0. The van der Waals surface area contributed by atoms with Crippen molar-refractivity contribution >= 4 is 33.1 Å². The van der Waals surface area contributed by atoms with E-state index in [0.29, 0.717) is 5.92 Å². The van der Waals surface area contributed by atoms with E-state index in [-0.39, 0.29) is 5.56 Å². The molecular weight excluding hydrogens is 346 g/mol. The molecule has 1 aliphatic heterocycles. The van der Waals surface area contributed by atoms with E-state index in [9.17, 15) is 4.79 Å². The molecule has 1 aromatic carbocycles. The Hall–Kier alpha value is -2.41. The predicted molar refractivity (Wildman–Crippen MR) is 105 cm³/mol. The molecular formula is C19H21N5OS. The smallest absolute Gasteiger partial charge is 0.261 e. The standard InChI is InChI=1S/C19H21N5OS/c25-18-16-4-3-15(11-17(16)21-13-24(18)12-14-1-2-14)22-6-8-23(9-7-22)19-20-5-10-26-19/h3-5,10-11,13-14H,1-2,6-9,12H2. The maximum Gasteiger partial charge on any atom is 0.261 e. The van der Waals surface area contributed by atoms with Crippen LogP contribution in [0.2, 0.25) is 0 Å². The normalized spacial score (nSPS) is 17.8. The zero-order valence-electron chi connectivity index (χ0n) is 14.5. The Labute approximate surface area is 155 Å². The Morgan fingerprint density at radius 1 is 1.08 bits per heavy atom. The minimum absolute atomic E-state index is 0.0852. The van der Waals surface area contributed by atoms with Gasteiger partial charge < -0.3 is 9.80 Å². The second kappa shape index (κ2) is 6.39. The van der Waals surface area contributed by atoms with Gasteiger partial charge in [-0.2, -0.15) is 0 Å². The summed E-state index contributed by atoms with van der Waals surface area (Å²) in [5.41, 5.74) is 2.02. The van der Waals surface area contributed by atoms with Crippen LogP contribution in [-0.4, -0.2) is 40.7 Å². The summed E-state index contributed by atoms with van der Waals surface area (Å²) >= 11 is 1.69. The predicted octanol–water partition coefficient (Wildman–Crippen LogP) is 2.59. The summed E-state index contributed by atoms with van der Waals surface area (Å²) in [5, 5.41) is 3.84. The fraction of sp³-hybridized carbons (Fsp3) is 0.421. The van der Waals surface area contributed by atoms with E-state index in [1.807, 2.05) is 17.6 Å². The van der Waals surface area contributed by atoms with Crippen LogP contribution in [0.25, 0.3) is 10.9 Å². The van der Waals surface area contributed by atoms with E-state index in [0.717, 1.165) is 54.4 Å². The Kier molecular flexibility index (Phi) is 3.89. The molecule has 2 aliphatic rings. The van der Waals surface area contributed by atoms with Crippen LogP contribution in [-0.2, 0) is 6.54 Å². The number of aromatic nitrogens is 3. The molecule has 1 saturated heterocycles. The number of rotatable bonds is 4. The molecule has 26 heavy (non-hydrogen) atoms. The van der Waals surface area contributed by atoms with Crippen molar-refractivity contribution in [1.82, 2.24) is 14.5 Å². The van der Waals surface area contributed by atoms with E-state index >= 15 is 0 Å². The lowest BCUT2D eigenvalue weighted by Gasteiger charge is -2.36. The first kappa shape index (κ1) is 15.8. The number of fused-ring (bicyclic) bond motifs is 1. The van der Waals surface area contributed by atoms with Gasteiger partial charge in [0.15, 0.2) is 5.13 Å². The molecule has 3 aromatic rings. The van der Waals surface area contributed by atoms with Crippen molar-refractivity contribution in [2.75, 3.05) is 36.0 Å². The van der Waals surface area contributed by atoms with Crippen LogP contribution in [0, 0.1) is 5.92 Å². The molecule has 2 aromatic heterocycles. The first-order valence-electron chi connectivity index (χ1n) is 9.16.